The van der Waals surface area contributed by atoms with Gasteiger partial charge in [0.15, 0.2) is 0 Å². The molecule has 5 rings (SSSR count). The predicted molar refractivity (Wildman–Crippen MR) is 106 cm³/mol. The highest BCUT2D eigenvalue weighted by Crippen LogP contribution is 2.25. The van der Waals surface area contributed by atoms with Crippen molar-refractivity contribution in [3.8, 4) is 0 Å². The molecule has 1 saturated heterocycles. The zero-order valence-corrected chi connectivity index (χ0v) is 15.8. The Hall–Kier alpha value is -1.82. The summed E-state index contributed by atoms with van der Waals surface area (Å²) in [6, 6.07) is 16.2. The van der Waals surface area contributed by atoms with E-state index in [1.165, 1.54) is 61.8 Å². The fourth-order valence-electron chi connectivity index (χ4n) is 4.49. The molecular weight excluding hydrogens is 340 g/mol. The SMILES string of the molecule is c1ccc2c(c1)CCN(C1CCCN(Cc3ccc4nsnc4c3)C1)C2. The summed E-state index contributed by atoms with van der Waals surface area (Å²) < 4.78 is 8.69. The number of nitrogens with zero attached hydrogens (tertiary/aromatic N) is 4. The molecule has 3 aromatic rings. The maximum atomic E-state index is 4.39. The second kappa shape index (κ2) is 7.06. The number of rotatable bonds is 3. The van der Waals surface area contributed by atoms with E-state index >= 15 is 0 Å². The third-order valence-corrected chi connectivity index (χ3v) is 6.44. The smallest absolute Gasteiger partial charge is 0.105 e. The Labute approximate surface area is 158 Å². The standard InChI is InChI=1S/C21H24N4S/c1-2-5-18-14-25(11-9-17(18)4-1)19-6-3-10-24(15-19)13-16-7-8-20-21(12-16)23-26-22-20/h1-2,4-5,7-8,12,19H,3,6,9-11,13-15H2. The number of likely N-dealkylation sites (tertiary alicyclic amines) is 1. The minimum Gasteiger partial charge on any atom is -0.298 e. The molecule has 3 heterocycles. The molecular formula is C21H24N4S. The average Bonchev–Trinajstić information content (AvgIpc) is 3.16. The maximum Gasteiger partial charge on any atom is 0.105 e. The van der Waals surface area contributed by atoms with E-state index in [-0.39, 0.29) is 0 Å². The minimum atomic E-state index is 0.682. The van der Waals surface area contributed by atoms with Crippen LogP contribution in [0, 0.1) is 0 Å². The normalized spacial score (nSPS) is 21.8. The molecule has 0 aliphatic carbocycles. The van der Waals surface area contributed by atoms with Gasteiger partial charge in [-0.05, 0) is 54.6 Å². The molecule has 0 bridgehead atoms. The minimum absolute atomic E-state index is 0.682. The summed E-state index contributed by atoms with van der Waals surface area (Å²) in [5.74, 6) is 0. The quantitative estimate of drug-likeness (QED) is 0.709. The van der Waals surface area contributed by atoms with Crippen molar-refractivity contribution in [1.82, 2.24) is 18.5 Å². The molecule has 0 N–H and O–H groups in total. The molecule has 2 aromatic carbocycles. The van der Waals surface area contributed by atoms with E-state index in [1.807, 2.05) is 0 Å². The number of hydrogen-bond donors (Lipinski definition) is 0. The van der Waals surface area contributed by atoms with Crippen LogP contribution in [0.3, 0.4) is 0 Å². The summed E-state index contributed by atoms with van der Waals surface area (Å²) in [6.07, 6.45) is 3.82. The van der Waals surface area contributed by atoms with Gasteiger partial charge in [-0.2, -0.15) is 8.75 Å². The Morgan fingerprint density at radius 2 is 1.88 bits per heavy atom. The Balaban J connectivity index is 1.26. The van der Waals surface area contributed by atoms with Crippen molar-refractivity contribution in [2.75, 3.05) is 19.6 Å². The van der Waals surface area contributed by atoms with Crippen molar-refractivity contribution in [3.63, 3.8) is 0 Å². The van der Waals surface area contributed by atoms with Gasteiger partial charge in [0.1, 0.15) is 11.0 Å². The lowest BCUT2D eigenvalue weighted by atomic mass is 9.96. The van der Waals surface area contributed by atoms with E-state index in [0.717, 1.165) is 24.1 Å². The first-order valence-electron chi connectivity index (χ1n) is 9.59. The first-order valence-corrected chi connectivity index (χ1v) is 10.3. The summed E-state index contributed by atoms with van der Waals surface area (Å²) in [7, 11) is 0. The molecule has 26 heavy (non-hydrogen) atoms. The topological polar surface area (TPSA) is 32.3 Å². The molecule has 134 valence electrons. The van der Waals surface area contributed by atoms with Crippen LogP contribution < -0.4 is 0 Å². The second-order valence-corrected chi connectivity index (χ2v) is 8.14. The summed E-state index contributed by atoms with van der Waals surface area (Å²) in [6.45, 7) is 5.72. The zero-order valence-electron chi connectivity index (χ0n) is 15.0. The van der Waals surface area contributed by atoms with Crippen molar-refractivity contribution in [2.45, 2.75) is 38.4 Å². The number of benzene rings is 2. The molecule has 0 saturated carbocycles. The highest BCUT2D eigenvalue weighted by atomic mass is 32.1. The van der Waals surface area contributed by atoms with Crippen LogP contribution in [-0.4, -0.2) is 44.2 Å². The van der Waals surface area contributed by atoms with Crippen molar-refractivity contribution >= 4 is 22.8 Å². The van der Waals surface area contributed by atoms with Crippen molar-refractivity contribution < 1.29 is 0 Å². The number of piperidine rings is 1. The first-order chi connectivity index (χ1) is 12.8. The second-order valence-electron chi connectivity index (χ2n) is 7.61. The summed E-state index contributed by atoms with van der Waals surface area (Å²) >= 11 is 1.30. The van der Waals surface area contributed by atoms with Crippen LogP contribution in [0.4, 0.5) is 0 Å². The van der Waals surface area contributed by atoms with Crippen molar-refractivity contribution in [2.24, 2.45) is 0 Å². The van der Waals surface area contributed by atoms with Gasteiger partial charge in [-0.3, -0.25) is 9.80 Å². The molecule has 4 nitrogen and oxygen atoms in total. The van der Waals surface area contributed by atoms with Gasteiger partial charge in [0.25, 0.3) is 0 Å². The Bertz CT molecular complexity index is 906. The van der Waals surface area contributed by atoms with Crippen molar-refractivity contribution in [1.29, 1.82) is 0 Å². The molecule has 5 heteroatoms. The molecule has 0 spiro atoms. The third-order valence-electron chi connectivity index (χ3n) is 5.88. The summed E-state index contributed by atoms with van der Waals surface area (Å²) in [5.41, 5.74) is 6.48. The molecule has 1 fully saturated rings. The Morgan fingerprint density at radius 3 is 2.85 bits per heavy atom. The van der Waals surface area contributed by atoms with Crippen LogP contribution in [-0.2, 0) is 19.5 Å². The fraction of sp³-hybridized carbons (Fsp3) is 0.429. The van der Waals surface area contributed by atoms with Gasteiger partial charge in [-0.15, -0.1) is 0 Å². The number of aromatic nitrogens is 2. The Morgan fingerprint density at radius 1 is 1.00 bits per heavy atom. The maximum absolute atomic E-state index is 4.39. The van der Waals surface area contributed by atoms with Crippen LogP contribution in [0.15, 0.2) is 42.5 Å². The van der Waals surface area contributed by atoms with Gasteiger partial charge in [0.05, 0.1) is 11.7 Å². The highest BCUT2D eigenvalue weighted by Gasteiger charge is 2.27. The molecule has 2 aliphatic heterocycles. The van der Waals surface area contributed by atoms with E-state index in [2.05, 4.69) is 61.0 Å². The van der Waals surface area contributed by atoms with Gasteiger partial charge in [0, 0.05) is 32.2 Å². The lowest BCUT2D eigenvalue weighted by molar-refractivity contribution is 0.0839. The molecule has 0 amide bonds. The summed E-state index contributed by atoms with van der Waals surface area (Å²) in [4.78, 5) is 5.33. The van der Waals surface area contributed by atoms with Gasteiger partial charge in [-0.25, -0.2) is 0 Å². The van der Waals surface area contributed by atoms with E-state index in [4.69, 9.17) is 0 Å². The Kier molecular flexibility index (Phi) is 4.44. The zero-order chi connectivity index (χ0) is 17.3. The van der Waals surface area contributed by atoms with E-state index < -0.39 is 0 Å². The van der Waals surface area contributed by atoms with Crippen LogP contribution in [0.5, 0.6) is 0 Å². The third kappa shape index (κ3) is 3.27. The fourth-order valence-corrected chi connectivity index (χ4v) is 5.00. The molecule has 1 unspecified atom stereocenters. The predicted octanol–water partition coefficient (Wildman–Crippen LogP) is 3.71. The van der Waals surface area contributed by atoms with Gasteiger partial charge in [0.2, 0.25) is 0 Å². The van der Waals surface area contributed by atoms with Crippen LogP contribution in [0.25, 0.3) is 11.0 Å². The van der Waals surface area contributed by atoms with E-state index in [1.54, 1.807) is 5.56 Å². The summed E-state index contributed by atoms with van der Waals surface area (Å²) in [5, 5.41) is 0. The van der Waals surface area contributed by atoms with Crippen LogP contribution in [0.1, 0.15) is 29.5 Å². The first kappa shape index (κ1) is 16.4. The van der Waals surface area contributed by atoms with Crippen molar-refractivity contribution in [3.05, 3.63) is 59.2 Å². The van der Waals surface area contributed by atoms with Gasteiger partial charge >= 0.3 is 0 Å². The number of hydrogen-bond acceptors (Lipinski definition) is 5. The average molecular weight is 365 g/mol. The number of fused-ring (bicyclic) bond motifs is 2. The molecule has 1 aromatic heterocycles. The molecule has 2 aliphatic rings. The van der Waals surface area contributed by atoms with E-state index in [0.29, 0.717) is 6.04 Å². The lowest BCUT2D eigenvalue weighted by Gasteiger charge is -2.41. The largest absolute Gasteiger partial charge is 0.298 e. The van der Waals surface area contributed by atoms with Gasteiger partial charge in [-0.1, -0.05) is 30.3 Å². The lowest BCUT2D eigenvalue weighted by Crippen LogP contribution is -2.49. The van der Waals surface area contributed by atoms with Crippen LogP contribution >= 0.6 is 11.7 Å². The monoisotopic (exact) mass is 364 g/mol. The van der Waals surface area contributed by atoms with Gasteiger partial charge < -0.3 is 0 Å². The molecule has 0 radical (unpaired) electrons. The molecule has 1 atom stereocenters. The van der Waals surface area contributed by atoms with Crippen LogP contribution in [0.2, 0.25) is 0 Å². The van der Waals surface area contributed by atoms with E-state index in [9.17, 15) is 0 Å². The highest BCUT2D eigenvalue weighted by molar-refractivity contribution is 7.00.